The number of amides is 2. The molecule has 7 nitrogen and oxygen atoms in total. The van der Waals surface area contributed by atoms with Gasteiger partial charge in [-0.3, -0.25) is 19.3 Å². The van der Waals surface area contributed by atoms with E-state index in [2.05, 4.69) is 4.98 Å². The van der Waals surface area contributed by atoms with Crippen molar-refractivity contribution in [2.24, 2.45) is 0 Å². The summed E-state index contributed by atoms with van der Waals surface area (Å²) < 4.78 is 1.64. The number of aryl methyl sites for hydroxylation is 1. The van der Waals surface area contributed by atoms with Gasteiger partial charge in [0.25, 0.3) is 5.91 Å². The molecule has 2 heterocycles. The highest BCUT2D eigenvalue weighted by Gasteiger charge is 2.38. The summed E-state index contributed by atoms with van der Waals surface area (Å²) in [6, 6.07) is -0.615. The highest BCUT2D eigenvalue weighted by Crippen LogP contribution is 2.30. The molecular formula is C11H13N3O4S. The molecule has 8 heteroatoms. The topological polar surface area (TPSA) is 92.5 Å². The molecule has 2 rings (SSSR count). The van der Waals surface area contributed by atoms with Crippen LogP contribution in [0.5, 0.6) is 0 Å². The predicted molar refractivity (Wildman–Crippen MR) is 66.8 cm³/mol. The molecule has 0 aliphatic carbocycles. The standard InChI is InChI=1S/C11H13N3O4S/c1-6-4-12-11(19-5-9(16)17)14(6)7-3-8(15)13(2)10(7)18/h4,7H,3,5H2,1-2H3,(H,16,17). The molecule has 0 saturated carbocycles. The van der Waals surface area contributed by atoms with E-state index in [4.69, 9.17) is 5.11 Å². The molecule has 1 atom stereocenters. The zero-order chi connectivity index (χ0) is 14.2. The van der Waals surface area contributed by atoms with Crippen LogP contribution in [0.3, 0.4) is 0 Å². The van der Waals surface area contributed by atoms with Crippen molar-refractivity contribution < 1.29 is 19.5 Å². The van der Waals surface area contributed by atoms with Crippen molar-refractivity contribution in [3.63, 3.8) is 0 Å². The molecule has 0 bridgehead atoms. The molecule has 2 amide bonds. The Bertz CT molecular complexity index is 554. The molecule has 1 aromatic heterocycles. The van der Waals surface area contributed by atoms with Gasteiger partial charge in [0, 0.05) is 18.9 Å². The van der Waals surface area contributed by atoms with Crippen LogP contribution in [0.25, 0.3) is 0 Å². The first-order valence-electron chi connectivity index (χ1n) is 5.60. The van der Waals surface area contributed by atoms with E-state index < -0.39 is 12.0 Å². The van der Waals surface area contributed by atoms with Crippen LogP contribution in [0.2, 0.25) is 0 Å². The summed E-state index contributed by atoms with van der Waals surface area (Å²) in [5.74, 6) is -1.62. The Morgan fingerprint density at radius 3 is 2.79 bits per heavy atom. The van der Waals surface area contributed by atoms with Gasteiger partial charge in [0.15, 0.2) is 5.16 Å². The zero-order valence-electron chi connectivity index (χ0n) is 10.5. The average Bonchev–Trinajstić information content (AvgIpc) is 2.82. The minimum atomic E-state index is -0.955. The van der Waals surface area contributed by atoms with Crippen LogP contribution in [0.15, 0.2) is 11.4 Å². The van der Waals surface area contributed by atoms with E-state index in [1.54, 1.807) is 17.7 Å². The van der Waals surface area contributed by atoms with Crippen molar-refractivity contribution in [1.29, 1.82) is 0 Å². The quantitative estimate of drug-likeness (QED) is 0.631. The normalized spacial score (nSPS) is 19.3. The summed E-state index contributed by atoms with van der Waals surface area (Å²) in [6.45, 7) is 1.77. The van der Waals surface area contributed by atoms with E-state index in [0.29, 0.717) is 5.16 Å². The first-order chi connectivity index (χ1) is 8.91. The molecule has 1 saturated heterocycles. The Balaban J connectivity index is 2.29. The van der Waals surface area contributed by atoms with Gasteiger partial charge < -0.3 is 9.67 Å². The van der Waals surface area contributed by atoms with Crippen LogP contribution in [-0.4, -0.2) is 50.1 Å². The van der Waals surface area contributed by atoms with Crippen molar-refractivity contribution in [1.82, 2.24) is 14.5 Å². The second-order valence-electron chi connectivity index (χ2n) is 4.25. The fourth-order valence-corrected chi connectivity index (χ4v) is 2.76. The van der Waals surface area contributed by atoms with Gasteiger partial charge in [-0.1, -0.05) is 11.8 Å². The third-order valence-corrected chi connectivity index (χ3v) is 3.89. The number of likely N-dealkylation sites (tertiary alicyclic amines) is 1. The van der Waals surface area contributed by atoms with E-state index in [0.717, 1.165) is 22.4 Å². The number of carboxylic acids is 1. The monoisotopic (exact) mass is 283 g/mol. The molecule has 1 aromatic rings. The maximum Gasteiger partial charge on any atom is 0.313 e. The number of carbonyl (C=O) groups is 3. The second kappa shape index (κ2) is 5.04. The van der Waals surface area contributed by atoms with E-state index >= 15 is 0 Å². The lowest BCUT2D eigenvalue weighted by Crippen LogP contribution is -2.27. The smallest absolute Gasteiger partial charge is 0.313 e. The molecule has 1 fully saturated rings. The zero-order valence-corrected chi connectivity index (χ0v) is 11.3. The number of likely N-dealkylation sites (N-methyl/N-ethyl adjacent to an activating group) is 1. The Kier molecular flexibility index (Phi) is 3.61. The first-order valence-corrected chi connectivity index (χ1v) is 6.59. The van der Waals surface area contributed by atoms with Gasteiger partial charge in [0.2, 0.25) is 5.91 Å². The summed E-state index contributed by atoms with van der Waals surface area (Å²) in [6.07, 6.45) is 1.66. The number of nitrogens with zero attached hydrogens (tertiary/aromatic N) is 3. The largest absolute Gasteiger partial charge is 0.481 e. The lowest BCUT2D eigenvalue weighted by Gasteiger charge is -2.14. The summed E-state index contributed by atoms with van der Waals surface area (Å²) in [7, 11) is 1.45. The summed E-state index contributed by atoms with van der Waals surface area (Å²) in [4.78, 5) is 39.3. The number of hydrogen-bond acceptors (Lipinski definition) is 5. The third kappa shape index (κ3) is 2.48. The van der Waals surface area contributed by atoms with Gasteiger partial charge in [-0.2, -0.15) is 0 Å². The maximum absolute atomic E-state index is 12.0. The molecule has 1 N–H and O–H groups in total. The number of hydrogen-bond donors (Lipinski definition) is 1. The fourth-order valence-electron chi connectivity index (χ4n) is 1.97. The highest BCUT2D eigenvalue weighted by molar-refractivity contribution is 7.99. The number of imide groups is 1. The van der Waals surface area contributed by atoms with Gasteiger partial charge >= 0.3 is 5.97 Å². The minimum Gasteiger partial charge on any atom is -0.481 e. The lowest BCUT2D eigenvalue weighted by molar-refractivity contribution is -0.137. The fraction of sp³-hybridized carbons (Fsp3) is 0.455. The third-order valence-electron chi connectivity index (χ3n) is 2.94. The second-order valence-corrected chi connectivity index (χ2v) is 5.19. The summed E-state index contributed by atoms with van der Waals surface area (Å²) >= 11 is 1.04. The van der Waals surface area contributed by atoms with Crippen LogP contribution >= 0.6 is 11.8 Å². The highest BCUT2D eigenvalue weighted by atomic mass is 32.2. The molecule has 19 heavy (non-hydrogen) atoms. The Hall–Kier alpha value is -1.83. The van der Waals surface area contributed by atoms with Crippen LogP contribution < -0.4 is 0 Å². The van der Waals surface area contributed by atoms with Crippen molar-refractivity contribution in [2.45, 2.75) is 24.5 Å². The van der Waals surface area contributed by atoms with Crippen molar-refractivity contribution in [3.8, 4) is 0 Å². The van der Waals surface area contributed by atoms with E-state index in [1.165, 1.54) is 7.05 Å². The molecule has 0 spiro atoms. The Morgan fingerprint density at radius 1 is 1.58 bits per heavy atom. The van der Waals surface area contributed by atoms with Gasteiger partial charge in [-0.15, -0.1) is 0 Å². The summed E-state index contributed by atoms with van der Waals surface area (Å²) in [5, 5.41) is 9.13. The van der Waals surface area contributed by atoms with Gasteiger partial charge in [-0.05, 0) is 6.92 Å². The molecule has 0 aromatic carbocycles. The van der Waals surface area contributed by atoms with Crippen molar-refractivity contribution in [2.75, 3.05) is 12.8 Å². The maximum atomic E-state index is 12.0. The molecule has 102 valence electrons. The van der Waals surface area contributed by atoms with Gasteiger partial charge in [0.1, 0.15) is 6.04 Å². The molecular weight excluding hydrogens is 270 g/mol. The van der Waals surface area contributed by atoms with Crippen LogP contribution in [0.4, 0.5) is 0 Å². The SMILES string of the molecule is Cc1cnc(SCC(=O)O)n1C1CC(=O)N(C)C1=O. The number of carbonyl (C=O) groups excluding carboxylic acids is 2. The van der Waals surface area contributed by atoms with Gasteiger partial charge in [-0.25, -0.2) is 4.98 Å². The Labute approximate surface area is 113 Å². The minimum absolute atomic E-state index is 0.0904. The number of aromatic nitrogens is 2. The molecule has 0 radical (unpaired) electrons. The average molecular weight is 283 g/mol. The van der Waals surface area contributed by atoms with E-state index in [-0.39, 0.29) is 24.0 Å². The van der Waals surface area contributed by atoms with Crippen LogP contribution in [0, 0.1) is 6.92 Å². The van der Waals surface area contributed by atoms with E-state index in [1.807, 2.05) is 0 Å². The first kappa shape index (κ1) is 13.6. The van der Waals surface area contributed by atoms with Crippen LogP contribution in [0.1, 0.15) is 18.2 Å². The molecule has 1 aliphatic heterocycles. The molecule has 1 aliphatic rings. The van der Waals surface area contributed by atoms with Gasteiger partial charge in [0.05, 0.1) is 12.2 Å². The number of aliphatic carboxylic acids is 1. The molecule has 1 unspecified atom stereocenters. The summed E-state index contributed by atoms with van der Waals surface area (Å²) in [5.41, 5.74) is 0.731. The number of thioether (sulfide) groups is 1. The Morgan fingerprint density at radius 2 is 2.26 bits per heavy atom. The van der Waals surface area contributed by atoms with Crippen LogP contribution in [-0.2, 0) is 14.4 Å². The predicted octanol–water partition coefficient (Wildman–Crippen LogP) is 0.298. The van der Waals surface area contributed by atoms with Crippen molar-refractivity contribution >= 4 is 29.5 Å². The number of carboxylic acid groups (broad SMARTS) is 1. The number of imidazole rings is 1. The van der Waals surface area contributed by atoms with Crippen molar-refractivity contribution in [3.05, 3.63) is 11.9 Å². The number of rotatable bonds is 4. The van der Waals surface area contributed by atoms with E-state index in [9.17, 15) is 14.4 Å². The lowest BCUT2D eigenvalue weighted by atomic mass is 10.2.